The lowest BCUT2D eigenvalue weighted by atomic mass is 10.0. The number of amides is 1. The first-order valence-corrected chi connectivity index (χ1v) is 10.4. The number of piperidine rings is 1. The van der Waals surface area contributed by atoms with Crippen LogP contribution in [0, 0.1) is 5.92 Å². The first-order chi connectivity index (χ1) is 13.4. The second-order valence-electron chi connectivity index (χ2n) is 7.57. The van der Waals surface area contributed by atoms with Gasteiger partial charge in [-0.25, -0.2) is 0 Å². The second-order valence-corrected chi connectivity index (χ2v) is 8.41. The molecule has 28 heavy (non-hydrogen) atoms. The molecular weight excluding hydrogens is 395 g/mol. The van der Waals surface area contributed by atoms with Gasteiger partial charge in [0.15, 0.2) is 5.75 Å². The van der Waals surface area contributed by atoms with Gasteiger partial charge in [-0.3, -0.25) is 4.79 Å². The molecule has 1 fully saturated rings. The van der Waals surface area contributed by atoms with Crippen molar-refractivity contribution in [1.29, 1.82) is 0 Å². The van der Waals surface area contributed by atoms with E-state index in [1.807, 2.05) is 29.2 Å². The Bertz CT molecular complexity index is 818. The number of benzene rings is 2. The van der Waals surface area contributed by atoms with Crippen molar-refractivity contribution in [2.75, 3.05) is 18.4 Å². The number of ether oxygens (including phenoxy) is 1. The van der Waals surface area contributed by atoms with E-state index in [1.54, 1.807) is 18.2 Å². The van der Waals surface area contributed by atoms with Crippen molar-refractivity contribution in [3.63, 3.8) is 0 Å². The van der Waals surface area contributed by atoms with Crippen LogP contribution in [0.4, 0.5) is 5.69 Å². The van der Waals surface area contributed by atoms with Gasteiger partial charge >= 0.3 is 0 Å². The first-order valence-electron chi connectivity index (χ1n) is 9.68. The lowest BCUT2D eigenvalue weighted by Crippen LogP contribution is -2.42. The van der Waals surface area contributed by atoms with Crippen molar-refractivity contribution in [1.82, 2.24) is 4.90 Å². The third-order valence-electron chi connectivity index (χ3n) is 4.79. The van der Waals surface area contributed by atoms with Gasteiger partial charge in [-0.05, 0) is 49.1 Å². The molecule has 4 nitrogen and oxygen atoms in total. The fourth-order valence-corrected chi connectivity index (χ4v) is 3.77. The van der Waals surface area contributed by atoms with Crippen LogP contribution in [0.2, 0.25) is 10.0 Å². The topological polar surface area (TPSA) is 41.6 Å². The number of carbonyl (C=O) groups excluding carboxylic acids is 1. The number of para-hydroxylation sites is 2. The molecule has 0 bridgehead atoms. The molecule has 0 atom stereocenters. The molecule has 0 aromatic heterocycles. The highest BCUT2D eigenvalue weighted by molar-refractivity contribution is 6.35. The summed E-state index contributed by atoms with van der Waals surface area (Å²) in [5, 5.41) is 4.61. The van der Waals surface area contributed by atoms with Gasteiger partial charge in [0.25, 0.3) is 0 Å². The van der Waals surface area contributed by atoms with Crippen molar-refractivity contribution in [2.24, 2.45) is 5.92 Å². The van der Waals surface area contributed by atoms with Gasteiger partial charge in [0.05, 0.1) is 10.7 Å². The number of hydrogen-bond acceptors (Lipinski definition) is 3. The lowest BCUT2D eigenvalue weighted by Gasteiger charge is -2.33. The summed E-state index contributed by atoms with van der Waals surface area (Å²) in [7, 11) is 0. The molecule has 150 valence electrons. The minimum atomic E-state index is 0.259. The molecule has 0 spiro atoms. The van der Waals surface area contributed by atoms with Gasteiger partial charge in [-0.2, -0.15) is 0 Å². The molecule has 2 aromatic carbocycles. The highest BCUT2D eigenvalue weighted by Crippen LogP contribution is 2.35. The maximum atomic E-state index is 12.3. The number of anilines is 1. The predicted molar refractivity (Wildman–Crippen MR) is 116 cm³/mol. The standard InChI is InChI=1S/C22H26Cl2N2O2/c1-15(2)13-22(27)26-11-9-17(10-12-26)25-19-5-3-4-6-21(19)28-20-8-7-16(23)14-18(20)24/h3-8,14-15,17,25H,9-13H2,1-2H3. The van der Waals surface area contributed by atoms with E-state index in [2.05, 4.69) is 19.2 Å². The largest absolute Gasteiger partial charge is 0.454 e. The number of hydrogen-bond donors (Lipinski definition) is 1. The van der Waals surface area contributed by atoms with Crippen molar-refractivity contribution in [3.05, 3.63) is 52.5 Å². The van der Waals surface area contributed by atoms with Crippen LogP contribution in [0.1, 0.15) is 33.1 Å². The lowest BCUT2D eigenvalue weighted by molar-refractivity contribution is -0.132. The van der Waals surface area contributed by atoms with Crippen LogP contribution in [0.15, 0.2) is 42.5 Å². The Labute approximate surface area is 176 Å². The third-order valence-corrected chi connectivity index (χ3v) is 5.32. The van der Waals surface area contributed by atoms with Gasteiger partial charge in [-0.15, -0.1) is 0 Å². The fourth-order valence-electron chi connectivity index (χ4n) is 3.32. The quantitative estimate of drug-likeness (QED) is 0.601. The third kappa shape index (κ3) is 5.55. The second kappa shape index (κ2) is 9.53. The molecule has 2 aromatic rings. The van der Waals surface area contributed by atoms with Gasteiger partial charge in [0, 0.05) is 30.6 Å². The monoisotopic (exact) mass is 420 g/mol. The molecule has 1 amide bonds. The number of nitrogens with one attached hydrogen (secondary N) is 1. The van der Waals surface area contributed by atoms with E-state index in [0.29, 0.717) is 39.9 Å². The van der Waals surface area contributed by atoms with E-state index in [-0.39, 0.29) is 5.91 Å². The van der Waals surface area contributed by atoms with E-state index in [4.69, 9.17) is 27.9 Å². The van der Waals surface area contributed by atoms with E-state index >= 15 is 0 Å². The fraction of sp³-hybridized carbons (Fsp3) is 0.409. The molecule has 1 N–H and O–H groups in total. The molecule has 0 saturated carbocycles. The minimum Gasteiger partial charge on any atom is -0.454 e. The molecular formula is C22H26Cl2N2O2. The summed E-state index contributed by atoms with van der Waals surface area (Å²) in [6.45, 7) is 5.73. The maximum Gasteiger partial charge on any atom is 0.222 e. The smallest absolute Gasteiger partial charge is 0.222 e. The molecule has 0 aliphatic carbocycles. The molecule has 0 radical (unpaired) electrons. The van der Waals surface area contributed by atoms with E-state index in [0.717, 1.165) is 31.6 Å². The minimum absolute atomic E-state index is 0.259. The van der Waals surface area contributed by atoms with Gasteiger partial charge in [0.1, 0.15) is 5.75 Å². The number of nitrogens with zero attached hydrogens (tertiary/aromatic N) is 1. The zero-order valence-corrected chi connectivity index (χ0v) is 17.8. The Morgan fingerprint density at radius 3 is 2.54 bits per heavy atom. The maximum absolute atomic E-state index is 12.3. The Kier molecular flexibility index (Phi) is 7.08. The van der Waals surface area contributed by atoms with Crippen LogP contribution >= 0.6 is 23.2 Å². The molecule has 1 heterocycles. The predicted octanol–water partition coefficient (Wildman–Crippen LogP) is 6.23. The van der Waals surface area contributed by atoms with Crippen LogP contribution < -0.4 is 10.1 Å². The van der Waals surface area contributed by atoms with Crippen LogP contribution in [0.3, 0.4) is 0 Å². The molecule has 1 saturated heterocycles. The van der Waals surface area contributed by atoms with E-state index in [1.165, 1.54) is 0 Å². The highest BCUT2D eigenvalue weighted by atomic mass is 35.5. The summed E-state index contributed by atoms with van der Waals surface area (Å²) in [5.74, 6) is 1.93. The van der Waals surface area contributed by atoms with Crippen molar-refractivity contribution >= 4 is 34.8 Å². The zero-order valence-electron chi connectivity index (χ0n) is 16.3. The van der Waals surface area contributed by atoms with E-state index in [9.17, 15) is 4.79 Å². The molecule has 0 unspecified atom stereocenters. The van der Waals surface area contributed by atoms with E-state index < -0.39 is 0 Å². The summed E-state index contributed by atoms with van der Waals surface area (Å²) in [6.07, 6.45) is 2.45. The van der Waals surface area contributed by atoms with Crippen LogP contribution in [0.25, 0.3) is 0 Å². The van der Waals surface area contributed by atoms with Crippen molar-refractivity contribution in [2.45, 2.75) is 39.2 Å². The Morgan fingerprint density at radius 1 is 1.14 bits per heavy atom. The molecule has 6 heteroatoms. The molecule has 1 aliphatic heterocycles. The van der Waals surface area contributed by atoms with Crippen LogP contribution in [0.5, 0.6) is 11.5 Å². The Balaban J connectivity index is 1.62. The van der Waals surface area contributed by atoms with Crippen molar-refractivity contribution < 1.29 is 9.53 Å². The Morgan fingerprint density at radius 2 is 1.86 bits per heavy atom. The normalized spacial score (nSPS) is 15.0. The number of carbonyl (C=O) groups is 1. The van der Waals surface area contributed by atoms with Gasteiger partial charge < -0.3 is 15.0 Å². The number of halogens is 2. The number of likely N-dealkylation sites (tertiary alicyclic amines) is 1. The summed E-state index contributed by atoms with van der Waals surface area (Å²) < 4.78 is 6.02. The van der Waals surface area contributed by atoms with Gasteiger partial charge in [0.2, 0.25) is 5.91 Å². The summed E-state index contributed by atoms with van der Waals surface area (Å²) in [4.78, 5) is 14.2. The first kappa shape index (κ1) is 20.8. The Hall–Kier alpha value is -1.91. The molecule has 3 rings (SSSR count). The number of rotatable bonds is 6. The molecule has 1 aliphatic rings. The highest BCUT2D eigenvalue weighted by Gasteiger charge is 2.23. The van der Waals surface area contributed by atoms with Crippen molar-refractivity contribution in [3.8, 4) is 11.5 Å². The SMILES string of the molecule is CC(C)CC(=O)N1CCC(Nc2ccccc2Oc2ccc(Cl)cc2Cl)CC1. The summed E-state index contributed by atoms with van der Waals surface area (Å²) >= 11 is 12.2. The van der Waals surface area contributed by atoms with Crippen LogP contribution in [-0.4, -0.2) is 29.9 Å². The zero-order chi connectivity index (χ0) is 20.1. The summed E-state index contributed by atoms with van der Waals surface area (Å²) in [6, 6.07) is 13.3. The summed E-state index contributed by atoms with van der Waals surface area (Å²) in [5.41, 5.74) is 0.917. The average molecular weight is 421 g/mol. The van der Waals surface area contributed by atoms with Crippen LogP contribution in [-0.2, 0) is 4.79 Å². The average Bonchev–Trinajstić information content (AvgIpc) is 2.65. The van der Waals surface area contributed by atoms with Gasteiger partial charge in [-0.1, -0.05) is 49.2 Å².